The minimum Gasteiger partial charge on any atom is -0.395 e. The van der Waals surface area contributed by atoms with E-state index in [4.69, 9.17) is 10.8 Å². The molecule has 0 amide bonds. The van der Waals surface area contributed by atoms with Gasteiger partial charge in [0.25, 0.3) is 0 Å². The lowest BCUT2D eigenvalue weighted by atomic mass is 10.0. The Balaban J connectivity index is 2.51. The van der Waals surface area contributed by atoms with Gasteiger partial charge in [-0.2, -0.15) is 0 Å². The fourth-order valence-corrected chi connectivity index (χ4v) is 1.84. The minimum absolute atomic E-state index is 0.0383. The first-order valence-corrected chi connectivity index (χ1v) is 6.16. The van der Waals surface area contributed by atoms with Crippen molar-refractivity contribution in [2.24, 2.45) is 5.73 Å². The van der Waals surface area contributed by atoms with Crippen molar-refractivity contribution in [3.63, 3.8) is 0 Å². The molecule has 3 heteroatoms. The molecule has 17 heavy (non-hydrogen) atoms. The molecule has 1 rings (SSSR count). The Kier molecular flexibility index (Phi) is 5.62. The Bertz CT molecular complexity index is 321. The van der Waals surface area contributed by atoms with E-state index in [1.807, 2.05) is 7.05 Å². The minimum atomic E-state index is -0.157. The van der Waals surface area contributed by atoms with Crippen LogP contribution in [0.5, 0.6) is 0 Å². The second-order valence-corrected chi connectivity index (χ2v) is 5.04. The zero-order valence-corrected chi connectivity index (χ0v) is 11.1. The van der Waals surface area contributed by atoms with Crippen molar-refractivity contribution in [3.8, 4) is 0 Å². The van der Waals surface area contributed by atoms with E-state index in [9.17, 15) is 0 Å². The summed E-state index contributed by atoms with van der Waals surface area (Å²) in [6, 6.07) is 8.53. The van der Waals surface area contributed by atoms with Crippen LogP contribution in [0.25, 0.3) is 0 Å². The van der Waals surface area contributed by atoms with Crippen LogP contribution in [-0.2, 0) is 6.54 Å². The van der Waals surface area contributed by atoms with Crippen molar-refractivity contribution in [3.05, 3.63) is 35.4 Å². The third-order valence-corrected chi connectivity index (χ3v) is 2.88. The van der Waals surface area contributed by atoms with Gasteiger partial charge in [0.1, 0.15) is 0 Å². The smallest absolute Gasteiger partial charge is 0.0595 e. The van der Waals surface area contributed by atoms with Crippen molar-refractivity contribution in [1.29, 1.82) is 0 Å². The fraction of sp³-hybridized carbons (Fsp3) is 0.571. The van der Waals surface area contributed by atoms with E-state index < -0.39 is 0 Å². The highest BCUT2D eigenvalue weighted by molar-refractivity contribution is 5.24. The molecule has 0 aliphatic heterocycles. The molecule has 0 aliphatic rings. The third kappa shape index (κ3) is 4.86. The number of benzene rings is 1. The summed E-state index contributed by atoms with van der Waals surface area (Å²) in [5.74, 6) is 0.574. The van der Waals surface area contributed by atoms with Crippen LogP contribution in [0.15, 0.2) is 24.3 Å². The van der Waals surface area contributed by atoms with Crippen LogP contribution in [-0.4, -0.2) is 36.2 Å². The molecule has 0 aliphatic carbocycles. The Hall–Kier alpha value is -0.900. The van der Waals surface area contributed by atoms with Gasteiger partial charge in [0.05, 0.1) is 6.61 Å². The number of aliphatic hydroxyl groups excluding tert-OH is 1. The standard InChI is InChI=1S/C14H24N2O/c1-11(2)13-6-4-12(5-7-13)8-16(3)9-14(15)10-17/h4-7,11,14,17H,8-10,15H2,1-3H3. The van der Waals surface area contributed by atoms with Gasteiger partial charge in [-0.05, 0) is 24.1 Å². The topological polar surface area (TPSA) is 49.5 Å². The monoisotopic (exact) mass is 236 g/mol. The maximum atomic E-state index is 8.90. The molecule has 1 unspecified atom stereocenters. The third-order valence-electron chi connectivity index (χ3n) is 2.88. The van der Waals surface area contributed by atoms with Gasteiger partial charge in [-0.3, -0.25) is 0 Å². The van der Waals surface area contributed by atoms with E-state index in [-0.39, 0.29) is 12.6 Å². The number of likely N-dealkylation sites (N-methyl/N-ethyl adjacent to an activating group) is 1. The first kappa shape index (κ1) is 14.2. The predicted molar refractivity (Wildman–Crippen MR) is 71.9 cm³/mol. The summed E-state index contributed by atoms with van der Waals surface area (Å²) in [6.07, 6.45) is 0. The Morgan fingerprint density at radius 3 is 2.29 bits per heavy atom. The highest BCUT2D eigenvalue weighted by Crippen LogP contribution is 2.15. The van der Waals surface area contributed by atoms with E-state index in [1.54, 1.807) is 0 Å². The number of hydrogen-bond donors (Lipinski definition) is 2. The van der Waals surface area contributed by atoms with Crippen molar-refractivity contribution >= 4 is 0 Å². The molecule has 0 radical (unpaired) electrons. The molecule has 0 aromatic heterocycles. The Labute approximate surface area is 104 Å². The Morgan fingerprint density at radius 1 is 1.24 bits per heavy atom. The fourth-order valence-electron chi connectivity index (χ4n) is 1.84. The molecular formula is C14H24N2O. The molecule has 0 bridgehead atoms. The summed E-state index contributed by atoms with van der Waals surface area (Å²) in [7, 11) is 2.02. The summed E-state index contributed by atoms with van der Waals surface area (Å²) < 4.78 is 0. The van der Waals surface area contributed by atoms with Crippen LogP contribution in [0.3, 0.4) is 0 Å². The van der Waals surface area contributed by atoms with E-state index in [0.29, 0.717) is 12.5 Å². The zero-order chi connectivity index (χ0) is 12.8. The first-order chi connectivity index (χ1) is 8.02. The lowest BCUT2D eigenvalue weighted by molar-refractivity contribution is 0.218. The summed E-state index contributed by atoms with van der Waals surface area (Å²) in [5.41, 5.74) is 8.34. The van der Waals surface area contributed by atoms with Crippen molar-refractivity contribution in [1.82, 2.24) is 4.90 Å². The molecule has 1 aromatic rings. The quantitative estimate of drug-likeness (QED) is 0.788. The molecule has 0 heterocycles. The highest BCUT2D eigenvalue weighted by Gasteiger charge is 2.06. The van der Waals surface area contributed by atoms with E-state index in [2.05, 4.69) is 43.0 Å². The van der Waals surface area contributed by atoms with E-state index in [1.165, 1.54) is 11.1 Å². The molecule has 1 aromatic carbocycles. The van der Waals surface area contributed by atoms with Gasteiger partial charge in [0.15, 0.2) is 0 Å². The van der Waals surface area contributed by atoms with Gasteiger partial charge in [-0.1, -0.05) is 38.1 Å². The van der Waals surface area contributed by atoms with Crippen molar-refractivity contribution < 1.29 is 5.11 Å². The van der Waals surface area contributed by atoms with Crippen LogP contribution in [0.2, 0.25) is 0 Å². The van der Waals surface area contributed by atoms with Crippen LogP contribution in [0, 0.1) is 0 Å². The summed E-state index contributed by atoms with van der Waals surface area (Å²) in [5, 5.41) is 8.90. The van der Waals surface area contributed by atoms with Crippen LogP contribution >= 0.6 is 0 Å². The SMILES string of the molecule is CC(C)c1ccc(CN(C)CC(N)CO)cc1. The maximum absolute atomic E-state index is 8.90. The van der Waals surface area contributed by atoms with Gasteiger partial charge < -0.3 is 15.7 Å². The van der Waals surface area contributed by atoms with Crippen LogP contribution < -0.4 is 5.73 Å². The average Bonchev–Trinajstić information content (AvgIpc) is 2.29. The summed E-state index contributed by atoms with van der Waals surface area (Å²) in [6.45, 7) is 6.01. The molecule has 96 valence electrons. The van der Waals surface area contributed by atoms with Crippen LogP contribution in [0.4, 0.5) is 0 Å². The largest absolute Gasteiger partial charge is 0.395 e. The first-order valence-electron chi connectivity index (χ1n) is 6.16. The molecule has 0 spiro atoms. The number of nitrogens with two attached hydrogens (primary N) is 1. The van der Waals surface area contributed by atoms with Gasteiger partial charge >= 0.3 is 0 Å². The molecule has 1 atom stereocenters. The van der Waals surface area contributed by atoms with Crippen molar-refractivity contribution in [2.75, 3.05) is 20.2 Å². The second kappa shape index (κ2) is 6.74. The summed E-state index contributed by atoms with van der Waals surface area (Å²) in [4.78, 5) is 2.13. The molecule has 0 saturated heterocycles. The predicted octanol–water partition coefficient (Wildman–Crippen LogP) is 1.56. The second-order valence-electron chi connectivity index (χ2n) is 5.04. The number of nitrogens with zero attached hydrogens (tertiary/aromatic N) is 1. The number of aliphatic hydroxyl groups is 1. The lowest BCUT2D eigenvalue weighted by Crippen LogP contribution is -2.37. The maximum Gasteiger partial charge on any atom is 0.0595 e. The molecule has 3 nitrogen and oxygen atoms in total. The van der Waals surface area contributed by atoms with E-state index >= 15 is 0 Å². The van der Waals surface area contributed by atoms with Gasteiger partial charge in [-0.25, -0.2) is 0 Å². The van der Waals surface area contributed by atoms with E-state index in [0.717, 1.165) is 6.54 Å². The van der Waals surface area contributed by atoms with Gasteiger partial charge in [0.2, 0.25) is 0 Å². The average molecular weight is 236 g/mol. The molecule has 0 saturated carbocycles. The normalized spacial score (nSPS) is 13.4. The van der Waals surface area contributed by atoms with Crippen molar-refractivity contribution in [2.45, 2.75) is 32.4 Å². The van der Waals surface area contributed by atoms with Gasteiger partial charge in [-0.15, -0.1) is 0 Å². The van der Waals surface area contributed by atoms with Crippen LogP contribution in [0.1, 0.15) is 30.9 Å². The zero-order valence-electron chi connectivity index (χ0n) is 11.1. The summed E-state index contributed by atoms with van der Waals surface area (Å²) >= 11 is 0. The lowest BCUT2D eigenvalue weighted by Gasteiger charge is -2.20. The Morgan fingerprint density at radius 2 is 1.82 bits per heavy atom. The highest BCUT2D eigenvalue weighted by atomic mass is 16.3. The molecule has 0 fully saturated rings. The van der Waals surface area contributed by atoms with Gasteiger partial charge in [0, 0.05) is 19.1 Å². The number of hydrogen-bond acceptors (Lipinski definition) is 3. The molecular weight excluding hydrogens is 212 g/mol. The molecule has 3 N–H and O–H groups in total. The number of rotatable bonds is 6.